The Balaban J connectivity index is 1.60. The summed E-state index contributed by atoms with van der Waals surface area (Å²) < 4.78 is 10.3. The number of carboxylic acid groups (broad SMARTS) is 2. The summed E-state index contributed by atoms with van der Waals surface area (Å²) in [5, 5.41) is 26.4. The van der Waals surface area contributed by atoms with Crippen LogP contribution < -0.4 is 21.4 Å². The first kappa shape index (κ1) is 37.0. The number of hydrogen-bond acceptors (Lipinski definition) is 9. The standard InChI is InChI=1S/C32H39N5O11/c1-19(2)25(35-28(42)22(13-14-23(38)39)34-32(46)47-18-21-11-7-4-8-12-21)29(43)36-37(17-24(40)41)31(45)27-26(48-27)30(44)33-16-15-20-9-5-3-6-10-20/h3-12,19,22,25-27H,13-18H2,1-2H3,(H,33,44)(H,34,46)(H,35,42)(H,36,43)(H,38,39)(H,40,41)/t22?,25?,26-,27-/m1/s1. The molecule has 16 heteroatoms. The molecule has 16 nitrogen and oxygen atoms in total. The highest BCUT2D eigenvalue weighted by atomic mass is 16.6. The van der Waals surface area contributed by atoms with Gasteiger partial charge in [-0.2, -0.15) is 0 Å². The molecule has 0 radical (unpaired) electrons. The number of amides is 5. The molecule has 0 saturated carbocycles. The summed E-state index contributed by atoms with van der Waals surface area (Å²) in [6, 6.07) is 15.2. The first-order valence-corrected chi connectivity index (χ1v) is 15.2. The van der Waals surface area contributed by atoms with Crippen molar-refractivity contribution in [3.8, 4) is 0 Å². The number of carbonyl (C=O) groups is 7. The number of hydrazine groups is 1. The van der Waals surface area contributed by atoms with Gasteiger partial charge in [0.1, 0.15) is 25.2 Å². The number of ether oxygens (including phenoxy) is 2. The zero-order valence-electron chi connectivity index (χ0n) is 26.4. The zero-order valence-corrected chi connectivity index (χ0v) is 26.4. The highest BCUT2D eigenvalue weighted by Gasteiger charge is 2.52. The molecular formula is C32H39N5O11. The molecule has 5 amide bonds. The number of benzene rings is 2. The van der Waals surface area contributed by atoms with Gasteiger partial charge in [-0.1, -0.05) is 74.5 Å². The van der Waals surface area contributed by atoms with Gasteiger partial charge in [-0.05, 0) is 29.9 Å². The Labute approximate surface area is 276 Å². The summed E-state index contributed by atoms with van der Waals surface area (Å²) in [5.74, 6) is -6.83. The number of rotatable bonds is 17. The Bertz CT molecular complexity index is 1450. The van der Waals surface area contributed by atoms with Crippen molar-refractivity contribution in [1.29, 1.82) is 0 Å². The van der Waals surface area contributed by atoms with Crippen LogP contribution in [0.2, 0.25) is 0 Å². The van der Waals surface area contributed by atoms with Crippen molar-refractivity contribution in [3.63, 3.8) is 0 Å². The fourth-order valence-corrected chi connectivity index (χ4v) is 4.47. The van der Waals surface area contributed by atoms with E-state index in [1.807, 2.05) is 30.3 Å². The third-order valence-electron chi connectivity index (χ3n) is 7.07. The van der Waals surface area contributed by atoms with Crippen LogP contribution in [0.3, 0.4) is 0 Å². The summed E-state index contributed by atoms with van der Waals surface area (Å²) in [6.07, 6.45) is -3.85. The monoisotopic (exact) mass is 669 g/mol. The lowest BCUT2D eigenvalue weighted by molar-refractivity contribution is -0.151. The average Bonchev–Trinajstić information content (AvgIpc) is 3.85. The molecule has 258 valence electrons. The normalized spacial score (nSPS) is 16.1. The van der Waals surface area contributed by atoms with Gasteiger partial charge < -0.3 is 35.6 Å². The van der Waals surface area contributed by atoms with E-state index in [1.165, 1.54) is 0 Å². The van der Waals surface area contributed by atoms with Gasteiger partial charge in [0.05, 0.1) is 0 Å². The summed E-state index contributed by atoms with van der Waals surface area (Å²) in [6.45, 7) is 2.28. The molecule has 1 fully saturated rings. The Morgan fingerprint density at radius 3 is 2.04 bits per heavy atom. The van der Waals surface area contributed by atoms with Gasteiger partial charge in [0.15, 0.2) is 12.2 Å². The van der Waals surface area contributed by atoms with E-state index in [2.05, 4.69) is 21.4 Å². The molecular weight excluding hydrogens is 630 g/mol. The van der Waals surface area contributed by atoms with Crippen LogP contribution in [0.1, 0.15) is 37.8 Å². The minimum atomic E-state index is -1.48. The van der Waals surface area contributed by atoms with Crippen LogP contribution in [-0.4, -0.2) is 94.3 Å². The molecule has 1 heterocycles. The van der Waals surface area contributed by atoms with Gasteiger partial charge in [0.25, 0.3) is 17.7 Å². The van der Waals surface area contributed by atoms with Gasteiger partial charge in [-0.3, -0.25) is 34.2 Å². The van der Waals surface area contributed by atoms with Crippen molar-refractivity contribution in [3.05, 3.63) is 71.8 Å². The molecule has 0 aromatic heterocycles. The van der Waals surface area contributed by atoms with Crippen molar-refractivity contribution >= 4 is 41.7 Å². The molecule has 3 rings (SSSR count). The molecule has 0 bridgehead atoms. The summed E-state index contributed by atoms with van der Waals surface area (Å²) in [4.78, 5) is 87.3. The topological polar surface area (TPSA) is 233 Å². The average molecular weight is 670 g/mol. The molecule has 0 aliphatic carbocycles. The molecule has 1 aliphatic rings. The minimum absolute atomic E-state index is 0.120. The van der Waals surface area contributed by atoms with Crippen molar-refractivity contribution in [1.82, 2.24) is 26.4 Å². The third-order valence-corrected chi connectivity index (χ3v) is 7.07. The van der Waals surface area contributed by atoms with Crippen molar-refractivity contribution in [2.24, 2.45) is 5.92 Å². The van der Waals surface area contributed by atoms with E-state index in [9.17, 15) is 38.7 Å². The Hall–Kier alpha value is -5.51. The van der Waals surface area contributed by atoms with Gasteiger partial charge >= 0.3 is 18.0 Å². The number of epoxide rings is 1. The van der Waals surface area contributed by atoms with Crippen LogP contribution in [0.5, 0.6) is 0 Å². The quantitative estimate of drug-likeness (QED) is 0.0994. The molecule has 2 aromatic carbocycles. The fourth-order valence-electron chi connectivity index (χ4n) is 4.47. The van der Waals surface area contributed by atoms with E-state index < -0.39 is 84.8 Å². The van der Waals surface area contributed by atoms with Gasteiger partial charge in [-0.25, -0.2) is 9.80 Å². The molecule has 2 unspecified atom stereocenters. The molecule has 2 aromatic rings. The van der Waals surface area contributed by atoms with Crippen molar-refractivity contribution < 1.29 is 53.2 Å². The van der Waals surface area contributed by atoms with Crippen LogP contribution in [0.25, 0.3) is 0 Å². The van der Waals surface area contributed by atoms with E-state index in [1.54, 1.807) is 44.2 Å². The Morgan fingerprint density at radius 2 is 1.46 bits per heavy atom. The van der Waals surface area contributed by atoms with Crippen LogP contribution in [0.4, 0.5) is 4.79 Å². The lowest BCUT2D eigenvalue weighted by Crippen LogP contribution is -2.60. The number of carboxylic acids is 2. The molecule has 4 atom stereocenters. The fraction of sp³-hybridized carbons (Fsp3) is 0.406. The van der Waals surface area contributed by atoms with Gasteiger partial charge in [-0.15, -0.1) is 0 Å². The molecule has 1 saturated heterocycles. The lowest BCUT2D eigenvalue weighted by Gasteiger charge is -2.28. The summed E-state index contributed by atoms with van der Waals surface area (Å²) in [5.41, 5.74) is 3.83. The predicted octanol–water partition coefficient (Wildman–Crippen LogP) is 0.358. The van der Waals surface area contributed by atoms with Crippen molar-refractivity contribution in [2.45, 2.75) is 64.0 Å². The maximum absolute atomic E-state index is 13.3. The second-order valence-corrected chi connectivity index (χ2v) is 11.2. The van der Waals surface area contributed by atoms with Gasteiger partial charge in [0.2, 0.25) is 5.91 Å². The second kappa shape index (κ2) is 18.0. The van der Waals surface area contributed by atoms with Gasteiger partial charge in [0, 0.05) is 13.0 Å². The molecule has 0 spiro atoms. The number of alkyl carbamates (subject to hydrolysis) is 1. The van der Waals surface area contributed by atoms with Crippen LogP contribution in [0, 0.1) is 5.92 Å². The highest BCUT2D eigenvalue weighted by Crippen LogP contribution is 2.24. The van der Waals surface area contributed by atoms with E-state index in [4.69, 9.17) is 14.6 Å². The zero-order chi connectivity index (χ0) is 35.2. The minimum Gasteiger partial charge on any atom is -0.481 e. The third kappa shape index (κ3) is 12.0. The van der Waals surface area contributed by atoms with Crippen molar-refractivity contribution in [2.75, 3.05) is 13.1 Å². The maximum atomic E-state index is 13.3. The number of nitrogens with zero attached hydrogens (tertiary/aromatic N) is 1. The Kier molecular flexibility index (Phi) is 13.8. The van der Waals surface area contributed by atoms with E-state index in [0.29, 0.717) is 17.0 Å². The molecule has 48 heavy (non-hydrogen) atoms. The Morgan fingerprint density at radius 1 is 0.833 bits per heavy atom. The summed E-state index contributed by atoms with van der Waals surface area (Å²) in [7, 11) is 0. The lowest BCUT2D eigenvalue weighted by atomic mass is 10.0. The van der Waals surface area contributed by atoms with E-state index in [0.717, 1.165) is 5.56 Å². The van der Waals surface area contributed by atoms with E-state index >= 15 is 0 Å². The number of aliphatic carboxylic acids is 2. The predicted molar refractivity (Wildman–Crippen MR) is 166 cm³/mol. The largest absolute Gasteiger partial charge is 0.481 e. The SMILES string of the molecule is CC(C)C(NC(=O)C(CCC(=O)O)NC(=O)OCc1ccccc1)C(=O)NN(CC(=O)O)C(=O)[C@@H]1O[C@H]1C(=O)NCCc1ccccc1. The van der Waals surface area contributed by atoms with Crippen LogP contribution in [-0.2, 0) is 51.3 Å². The highest BCUT2D eigenvalue weighted by molar-refractivity contribution is 5.97. The molecule has 6 N–H and O–H groups in total. The molecule has 1 aliphatic heterocycles. The van der Waals surface area contributed by atoms with Crippen LogP contribution in [0.15, 0.2) is 60.7 Å². The van der Waals surface area contributed by atoms with E-state index in [-0.39, 0.29) is 19.6 Å². The maximum Gasteiger partial charge on any atom is 0.408 e. The number of carbonyl (C=O) groups excluding carboxylic acids is 5. The smallest absolute Gasteiger partial charge is 0.408 e. The first-order chi connectivity index (χ1) is 22.8. The number of nitrogens with one attached hydrogen (secondary N) is 4. The number of hydrogen-bond donors (Lipinski definition) is 6. The van der Waals surface area contributed by atoms with Crippen LogP contribution >= 0.6 is 0 Å². The first-order valence-electron chi connectivity index (χ1n) is 15.2. The second-order valence-electron chi connectivity index (χ2n) is 11.2. The summed E-state index contributed by atoms with van der Waals surface area (Å²) >= 11 is 0.